The summed E-state index contributed by atoms with van der Waals surface area (Å²) < 4.78 is 2.61. The molecule has 0 atom stereocenters. The van der Waals surface area contributed by atoms with E-state index in [1.807, 2.05) is 11.3 Å². The molecule has 0 aliphatic carbocycles. The van der Waals surface area contributed by atoms with Gasteiger partial charge in [-0.15, -0.1) is 11.3 Å². The highest BCUT2D eigenvalue weighted by molar-refractivity contribution is 7.27. The van der Waals surface area contributed by atoms with Gasteiger partial charge in [0.2, 0.25) is 0 Å². The van der Waals surface area contributed by atoms with E-state index in [0.29, 0.717) is 0 Å². The Labute approximate surface area is 282 Å². The first-order valence-corrected chi connectivity index (χ1v) is 17.2. The van der Waals surface area contributed by atoms with Crippen LogP contribution in [0, 0.1) is 0 Å². The number of anilines is 3. The van der Waals surface area contributed by atoms with Gasteiger partial charge in [-0.2, -0.15) is 0 Å². The van der Waals surface area contributed by atoms with Crippen molar-refractivity contribution in [1.29, 1.82) is 0 Å². The second-order valence-corrected chi connectivity index (χ2v) is 13.5. The van der Waals surface area contributed by atoms with Crippen LogP contribution in [-0.2, 0) is 0 Å². The van der Waals surface area contributed by atoms with E-state index in [1.165, 1.54) is 80.1 Å². The van der Waals surface area contributed by atoms with Gasteiger partial charge in [-0.05, 0) is 85.2 Å². The minimum Gasteiger partial charge on any atom is -0.309 e. The van der Waals surface area contributed by atoms with Gasteiger partial charge in [-0.1, -0.05) is 140 Å². The van der Waals surface area contributed by atoms with Crippen molar-refractivity contribution in [3.05, 3.63) is 176 Å². The van der Waals surface area contributed by atoms with Crippen molar-refractivity contribution in [2.45, 2.75) is 0 Å². The maximum Gasteiger partial charge on any atom is 0.0640 e. The summed E-state index contributed by atoms with van der Waals surface area (Å²) in [7, 11) is 0. The van der Waals surface area contributed by atoms with Gasteiger partial charge < -0.3 is 4.90 Å². The van der Waals surface area contributed by atoms with Gasteiger partial charge in [0, 0.05) is 32.2 Å². The van der Waals surface area contributed by atoms with Gasteiger partial charge in [0.25, 0.3) is 0 Å². The zero-order valence-corrected chi connectivity index (χ0v) is 26.9. The first-order chi connectivity index (χ1) is 23.8. The lowest BCUT2D eigenvalue weighted by Crippen LogP contribution is -2.10. The molecule has 10 rings (SSSR count). The van der Waals surface area contributed by atoms with Crippen LogP contribution in [0.1, 0.15) is 0 Å². The molecule has 10 aromatic rings. The summed E-state index contributed by atoms with van der Waals surface area (Å²) in [5, 5.41) is 12.7. The Morgan fingerprint density at radius 1 is 0.312 bits per heavy atom. The number of thiophene rings is 1. The highest BCUT2D eigenvalue weighted by Crippen LogP contribution is 2.49. The minimum atomic E-state index is 1.15. The summed E-state index contributed by atoms with van der Waals surface area (Å²) in [6.07, 6.45) is 0. The van der Waals surface area contributed by atoms with Gasteiger partial charge >= 0.3 is 0 Å². The summed E-state index contributed by atoms with van der Waals surface area (Å²) in [5.74, 6) is 0. The van der Waals surface area contributed by atoms with Gasteiger partial charge in [0.05, 0.1) is 10.4 Å². The molecule has 0 bridgehead atoms. The molecule has 0 fully saturated rings. The molecule has 2 heteroatoms. The van der Waals surface area contributed by atoms with Gasteiger partial charge in [-0.3, -0.25) is 0 Å². The highest BCUT2D eigenvalue weighted by atomic mass is 32.1. The Hall–Kier alpha value is -5.96. The lowest BCUT2D eigenvalue weighted by molar-refractivity contribution is 1.31. The van der Waals surface area contributed by atoms with Crippen LogP contribution in [0.2, 0.25) is 0 Å². The van der Waals surface area contributed by atoms with Crippen LogP contribution in [0.5, 0.6) is 0 Å². The molecule has 0 unspecified atom stereocenters. The van der Waals surface area contributed by atoms with Crippen LogP contribution in [0.25, 0.3) is 74.4 Å². The lowest BCUT2D eigenvalue weighted by atomic mass is 9.92. The normalized spacial score (nSPS) is 11.8. The maximum atomic E-state index is 2.45. The molecule has 0 aliphatic rings. The second kappa shape index (κ2) is 10.8. The molecule has 0 saturated heterocycles. The van der Waals surface area contributed by atoms with E-state index < -0.39 is 0 Å². The molecular weight excluding hydrogens is 599 g/mol. The average molecular weight is 628 g/mol. The fraction of sp³-hybridized carbons (Fsp3) is 0. The van der Waals surface area contributed by atoms with Crippen molar-refractivity contribution in [3.63, 3.8) is 0 Å². The van der Waals surface area contributed by atoms with E-state index in [2.05, 4.69) is 181 Å². The summed E-state index contributed by atoms with van der Waals surface area (Å²) in [6, 6.07) is 64.5. The van der Waals surface area contributed by atoms with E-state index in [0.717, 1.165) is 11.4 Å². The highest BCUT2D eigenvalue weighted by Gasteiger charge is 2.21. The van der Waals surface area contributed by atoms with Crippen molar-refractivity contribution in [2.75, 3.05) is 4.90 Å². The standard InChI is InChI=1S/C46H29NS/c1-3-14-33-27-35(25-23-30(33)11-1)47(36-26-24-31-12-2-4-15-34(31)28-36)44-22-10-21-41-43-29-42(38-20-9-16-32-13-5-6-17-37(32)38)39-18-7-8-19-40(39)45(43)48-46(41)44/h1-29H. The van der Waals surface area contributed by atoms with Crippen molar-refractivity contribution >= 4 is 91.7 Å². The third-order valence-corrected chi connectivity index (χ3v) is 11.1. The molecule has 9 aromatic carbocycles. The molecule has 0 radical (unpaired) electrons. The molecule has 48 heavy (non-hydrogen) atoms. The van der Waals surface area contributed by atoms with E-state index >= 15 is 0 Å². The molecule has 0 saturated carbocycles. The van der Waals surface area contributed by atoms with Crippen molar-refractivity contribution in [1.82, 2.24) is 0 Å². The van der Waals surface area contributed by atoms with Crippen LogP contribution in [0.4, 0.5) is 17.1 Å². The minimum absolute atomic E-state index is 1.15. The fourth-order valence-electron chi connectivity index (χ4n) is 7.52. The van der Waals surface area contributed by atoms with Gasteiger partial charge in [-0.25, -0.2) is 0 Å². The number of rotatable bonds is 4. The molecule has 0 N–H and O–H groups in total. The zero-order valence-electron chi connectivity index (χ0n) is 26.1. The number of hydrogen-bond donors (Lipinski definition) is 0. The summed E-state index contributed by atoms with van der Waals surface area (Å²) >= 11 is 1.91. The monoisotopic (exact) mass is 627 g/mol. The summed E-state index contributed by atoms with van der Waals surface area (Å²) in [5.41, 5.74) is 6.04. The van der Waals surface area contributed by atoms with Crippen molar-refractivity contribution < 1.29 is 0 Å². The molecule has 1 heterocycles. The fourth-order valence-corrected chi connectivity index (χ4v) is 8.85. The van der Waals surface area contributed by atoms with Crippen LogP contribution >= 0.6 is 11.3 Å². The SMILES string of the molecule is c1ccc2cc(N(c3ccc4ccccc4c3)c3cccc4c3sc3c5ccccc5c(-c5cccc6ccccc56)cc43)ccc2c1. The number of fused-ring (bicyclic) bond motifs is 8. The number of nitrogens with zero attached hydrogens (tertiary/aromatic N) is 1. The Bertz CT molecular complexity index is 2780. The van der Waals surface area contributed by atoms with E-state index in [1.54, 1.807) is 0 Å². The molecule has 0 aliphatic heterocycles. The molecular formula is C46H29NS. The smallest absolute Gasteiger partial charge is 0.0640 e. The van der Waals surface area contributed by atoms with Crippen molar-refractivity contribution in [3.8, 4) is 11.1 Å². The molecule has 224 valence electrons. The molecule has 1 nitrogen and oxygen atoms in total. The first-order valence-electron chi connectivity index (χ1n) is 16.4. The maximum absolute atomic E-state index is 2.45. The number of benzene rings is 9. The molecule has 1 aromatic heterocycles. The van der Waals surface area contributed by atoms with E-state index in [9.17, 15) is 0 Å². The third-order valence-electron chi connectivity index (χ3n) is 9.79. The van der Waals surface area contributed by atoms with Crippen LogP contribution in [0.3, 0.4) is 0 Å². The van der Waals surface area contributed by atoms with Crippen LogP contribution < -0.4 is 4.90 Å². The summed E-state index contributed by atoms with van der Waals surface area (Å²) in [4.78, 5) is 2.45. The largest absolute Gasteiger partial charge is 0.309 e. The Balaban J connectivity index is 1.27. The van der Waals surface area contributed by atoms with Crippen LogP contribution in [-0.4, -0.2) is 0 Å². The van der Waals surface area contributed by atoms with E-state index in [-0.39, 0.29) is 0 Å². The molecule has 0 amide bonds. The predicted molar refractivity (Wildman–Crippen MR) is 209 cm³/mol. The quantitative estimate of drug-likeness (QED) is 0.188. The Morgan fingerprint density at radius 2 is 0.833 bits per heavy atom. The lowest BCUT2D eigenvalue weighted by Gasteiger charge is -2.26. The average Bonchev–Trinajstić information content (AvgIpc) is 3.54. The molecule has 0 spiro atoms. The van der Waals surface area contributed by atoms with Gasteiger partial charge in [0.15, 0.2) is 0 Å². The zero-order chi connectivity index (χ0) is 31.6. The van der Waals surface area contributed by atoms with Gasteiger partial charge in [0.1, 0.15) is 0 Å². The van der Waals surface area contributed by atoms with Crippen LogP contribution in [0.15, 0.2) is 176 Å². The topological polar surface area (TPSA) is 3.24 Å². The first kappa shape index (κ1) is 27.2. The number of hydrogen-bond acceptors (Lipinski definition) is 2. The summed E-state index contributed by atoms with van der Waals surface area (Å²) in [6.45, 7) is 0. The Morgan fingerprint density at radius 3 is 1.54 bits per heavy atom. The second-order valence-electron chi connectivity index (χ2n) is 12.5. The third kappa shape index (κ3) is 4.24. The van der Waals surface area contributed by atoms with E-state index in [4.69, 9.17) is 0 Å². The predicted octanol–water partition coefficient (Wildman–Crippen LogP) is 13.8. The van der Waals surface area contributed by atoms with Crippen molar-refractivity contribution in [2.24, 2.45) is 0 Å². The Kier molecular flexibility index (Phi) is 6.12.